The Balaban J connectivity index is 2.51. The van der Waals surface area contributed by atoms with E-state index in [1.54, 1.807) is 6.26 Å². The molecule has 0 fully saturated rings. The van der Waals surface area contributed by atoms with Gasteiger partial charge in [-0.2, -0.15) is 0 Å². The molecule has 1 rings (SSSR count). The molecule has 0 N–H and O–H groups in total. The van der Waals surface area contributed by atoms with Crippen molar-refractivity contribution in [3.8, 4) is 0 Å². The van der Waals surface area contributed by atoms with Crippen LogP contribution in [0.25, 0.3) is 0 Å². The Morgan fingerprint density at radius 2 is 2.45 bits per heavy atom. The number of rotatable bonds is 3. The molecule has 2 nitrogen and oxygen atoms in total. The quantitative estimate of drug-likeness (QED) is 0.703. The van der Waals surface area contributed by atoms with Crippen LogP contribution in [0.4, 0.5) is 0 Å². The lowest BCUT2D eigenvalue weighted by atomic mass is 10.1. The second-order valence-electron chi connectivity index (χ2n) is 2.40. The van der Waals surface area contributed by atoms with Crippen molar-refractivity contribution in [2.75, 3.05) is 0 Å². The van der Waals surface area contributed by atoms with Gasteiger partial charge in [0, 0.05) is 6.42 Å². The van der Waals surface area contributed by atoms with Crippen molar-refractivity contribution in [2.24, 2.45) is 0 Å². The Labute approximate surface area is 71.0 Å². The van der Waals surface area contributed by atoms with E-state index in [1.165, 1.54) is 0 Å². The highest BCUT2D eigenvalue weighted by atomic mass is 32.1. The monoisotopic (exact) mass is 170 g/mol. The van der Waals surface area contributed by atoms with Gasteiger partial charge in [-0.25, -0.2) is 0 Å². The van der Waals surface area contributed by atoms with Gasteiger partial charge >= 0.3 is 0 Å². The predicted octanol–water partition coefficient (Wildman–Crippen LogP) is 1.98. The number of thiol groups is 1. The molecule has 0 saturated heterocycles. The van der Waals surface area contributed by atoms with Crippen molar-refractivity contribution in [1.82, 2.24) is 0 Å². The molecule has 0 aliphatic heterocycles. The lowest BCUT2D eigenvalue weighted by molar-refractivity contribution is -0.110. The van der Waals surface area contributed by atoms with Gasteiger partial charge in [0.2, 0.25) is 0 Å². The molecule has 60 valence electrons. The topological polar surface area (TPSA) is 30.2 Å². The standard InChI is InChI=1S/C8H10O2S/c1-6-7(4-5-10-6)2-3-8(9)11/h4-5H,2-3H2,1H3,(H,9,11). The molecule has 0 saturated carbocycles. The first-order valence-electron chi connectivity index (χ1n) is 3.45. The first-order valence-corrected chi connectivity index (χ1v) is 3.89. The van der Waals surface area contributed by atoms with Crippen molar-refractivity contribution >= 4 is 17.7 Å². The molecule has 1 aromatic rings. The molecule has 11 heavy (non-hydrogen) atoms. The van der Waals surface area contributed by atoms with E-state index in [0.29, 0.717) is 6.42 Å². The predicted molar refractivity (Wildman–Crippen MR) is 45.8 cm³/mol. The van der Waals surface area contributed by atoms with Gasteiger partial charge in [-0.3, -0.25) is 4.79 Å². The van der Waals surface area contributed by atoms with E-state index in [1.807, 2.05) is 13.0 Å². The van der Waals surface area contributed by atoms with Crippen LogP contribution in [0.3, 0.4) is 0 Å². The van der Waals surface area contributed by atoms with E-state index < -0.39 is 0 Å². The van der Waals surface area contributed by atoms with Crippen LogP contribution in [-0.2, 0) is 11.2 Å². The number of aryl methyl sites for hydroxylation is 2. The van der Waals surface area contributed by atoms with Crippen molar-refractivity contribution in [3.63, 3.8) is 0 Å². The number of carbonyl (C=O) groups is 1. The molecule has 0 aromatic carbocycles. The molecule has 0 amide bonds. The fourth-order valence-electron chi connectivity index (χ4n) is 0.912. The van der Waals surface area contributed by atoms with E-state index in [4.69, 9.17) is 4.42 Å². The summed E-state index contributed by atoms with van der Waals surface area (Å²) in [6.45, 7) is 1.89. The number of carbonyl (C=O) groups excluding carboxylic acids is 1. The Morgan fingerprint density at radius 3 is 2.91 bits per heavy atom. The molecular weight excluding hydrogens is 160 g/mol. The lowest BCUT2D eigenvalue weighted by Gasteiger charge is -1.93. The molecule has 0 radical (unpaired) electrons. The van der Waals surface area contributed by atoms with Crippen LogP contribution in [-0.4, -0.2) is 5.12 Å². The van der Waals surface area contributed by atoms with E-state index in [9.17, 15) is 4.79 Å². The van der Waals surface area contributed by atoms with Crippen LogP contribution in [0.15, 0.2) is 16.7 Å². The highest BCUT2D eigenvalue weighted by molar-refractivity contribution is 7.96. The summed E-state index contributed by atoms with van der Waals surface area (Å²) in [5.41, 5.74) is 1.09. The maximum atomic E-state index is 10.5. The van der Waals surface area contributed by atoms with Crippen LogP contribution >= 0.6 is 12.6 Å². The fourth-order valence-corrected chi connectivity index (χ4v) is 1.02. The summed E-state index contributed by atoms with van der Waals surface area (Å²) < 4.78 is 5.06. The maximum Gasteiger partial charge on any atom is 0.186 e. The van der Waals surface area contributed by atoms with Crippen LogP contribution in [0.2, 0.25) is 0 Å². The number of hydrogen-bond donors (Lipinski definition) is 1. The largest absolute Gasteiger partial charge is 0.469 e. The summed E-state index contributed by atoms with van der Waals surface area (Å²) in [6.07, 6.45) is 2.84. The smallest absolute Gasteiger partial charge is 0.186 e. The Hall–Kier alpha value is -0.700. The summed E-state index contributed by atoms with van der Waals surface area (Å²) in [5, 5.41) is -0.0781. The van der Waals surface area contributed by atoms with Crippen molar-refractivity contribution < 1.29 is 9.21 Å². The average molecular weight is 170 g/mol. The van der Waals surface area contributed by atoms with Gasteiger partial charge in [0.25, 0.3) is 0 Å². The van der Waals surface area contributed by atoms with Gasteiger partial charge in [0.15, 0.2) is 5.12 Å². The summed E-state index contributed by atoms with van der Waals surface area (Å²) in [4.78, 5) is 10.5. The second-order valence-corrected chi connectivity index (χ2v) is 2.89. The van der Waals surface area contributed by atoms with Gasteiger partial charge < -0.3 is 4.42 Å². The molecule has 0 unspecified atom stereocenters. The van der Waals surface area contributed by atoms with Crippen molar-refractivity contribution in [3.05, 3.63) is 23.7 Å². The zero-order valence-electron chi connectivity index (χ0n) is 6.33. The van der Waals surface area contributed by atoms with Crippen LogP contribution in [0, 0.1) is 6.92 Å². The van der Waals surface area contributed by atoms with Gasteiger partial charge in [0.05, 0.1) is 6.26 Å². The molecule has 1 aromatic heterocycles. The fraction of sp³-hybridized carbons (Fsp3) is 0.375. The molecule has 1 heterocycles. The van der Waals surface area contributed by atoms with Crippen molar-refractivity contribution in [2.45, 2.75) is 19.8 Å². The third kappa shape index (κ3) is 2.42. The zero-order valence-corrected chi connectivity index (χ0v) is 7.23. The van der Waals surface area contributed by atoms with E-state index in [2.05, 4.69) is 12.6 Å². The minimum Gasteiger partial charge on any atom is -0.469 e. The van der Waals surface area contributed by atoms with Gasteiger partial charge in [-0.1, -0.05) is 0 Å². The number of furan rings is 1. The Morgan fingerprint density at radius 1 is 1.73 bits per heavy atom. The van der Waals surface area contributed by atoms with E-state index in [-0.39, 0.29) is 5.12 Å². The van der Waals surface area contributed by atoms with Gasteiger partial charge in [-0.15, -0.1) is 12.6 Å². The minimum absolute atomic E-state index is 0.0781. The van der Waals surface area contributed by atoms with Crippen molar-refractivity contribution in [1.29, 1.82) is 0 Å². The molecule has 0 spiro atoms. The molecule has 0 bridgehead atoms. The summed E-state index contributed by atoms with van der Waals surface area (Å²) >= 11 is 3.67. The molecule has 0 aliphatic rings. The summed E-state index contributed by atoms with van der Waals surface area (Å²) in [7, 11) is 0. The average Bonchev–Trinajstić information content (AvgIpc) is 2.31. The van der Waals surface area contributed by atoms with Gasteiger partial charge in [-0.05, 0) is 25.0 Å². The SMILES string of the molecule is Cc1occc1CCC(=O)S. The molecule has 0 atom stereocenters. The minimum atomic E-state index is -0.0781. The highest BCUT2D eigenvalue weighted by Gasteiger charge is 2.02. The molecule has 0 aliphatic carbocycles. The Bertz CT molecular complexity index is 252. The van der Waals surface area contributed by atoms with E-state index >= 15 is 0 Å². The third-order valence-electron chi connectivity index (χ3n) is 1.57. The summed E-state index contributed by atoms with van der Waals surface area (Å²) in [5.74, 6) is 0.889. The second kappa shape index (κ2) is 3.62. The maximum absolute atomic E-state index is 10.5. The van der Waals surface area contributed by atoms with E-state index in [0.717, 1.165) is 17.7 Å². The van der Waals surface area contributed by atoms with Crippen LogP contribution < -0.4 is 0 Å². The third-order valence-corrected chi connectivity index (χ3v) is 1.80. The highest BCUT2D eigenvalue weighted by Crippen LogP contribution is 2.11. The lowest BCUT2D eigenvalue weighted by Crippen LogP contribution is -1.91. The molecule has 3 heteroatoms. The zero-order chi connectivity index (χ0) is 8.27. The molecular formula is C8H10O2S. The first kappa shape index (κ1) is 8.40. The normalized spacial score (nSPS) is 10.0. The summed E-state index contributed by atoms with van der Waals surface area (Å²) in [6, 6.07) is 1.88. The first-order chi connectivity index (χ1) is 5.20. The van der Waals surface area contributed by atoms with Gasteiger partial charge in [0.1, 0.15) is 5.76 Å². The van der Waals surface area contributed by atoms with Crippen LogP contribution in [0.5, 0.6) is 0 Å². The van der Waals surface area contributed by atoms with Crippen LogP contribution in [0.1, 0.15) is 17.7 Å². The number of hydrogen-bond acceptors (Lipinski definition) is 2. The Kier molecular flexibility index (Phi) is 2.76.